The summed E-state index contributed by atoms with van der Waals surface area (Å²) in [5, 5.41) is -0.219. The van der Waals surface area contributed by atoms with Crippen molar-refractivity contribution in [1.29, 1.82) is 0 Å². The van der Waals surface area contributed by atoms with Gasteiger partial charge in [0.05, 0.1) is 11.3 Å². The number of imide groups is 1. The lowest BCUT2D eigenvalue weighted by molar-refractivity contribution is -0.128. The minimum absolute atomic E-state index is 0.128. The van der Waals surface area contributed by atoms with Crippen LogP contribution in [0.3, 0.4) is 0 Å². The average molecular weight is 550 g/mol. The molecule has 0 aromatic heterocycles. The van der Waals surface area contributed by atoms with E-state index in [9.17, 15) is 9.59 Å². The number of thioether (sulfide) groups is 1. The number of amides is 2. The molecule has 1 aliphatic heterocycles. The van der Waals surface area contributed by atoms with Gasteiger partial charge < -0.3 is 4.74 Å². The molecule has 0 bridgehead atoms. The summed E-state index contributed by atoms with van der Waals surface area (Å²) in [4.78, 5) is 27.0. The zero-order valence-electron chi connectivity index (χ0n) is 24.0. The number of cyclic esters (lactones) is 1. The molecule has 5 heteroatoms. The molecule has 0 spiro atoms. The van der Waals surface area contributed by atoms with Gasteiger partial charge >= 0.3 is 6.09 Å². The van der Waals surface area contributed by atoms with E-state index >= 15 is 0 Å². The lowest BCUT2D eigenvalue weighted by Crippen LogP contribution is -2.42. The first-order valence-electron chi connectivity index (χ1n) is 14.5. The number of hydrogen-bond donors (Lipinski definition) is 0. The van der Waals surface area contributed by atoms with Gasteiger partial charge in [0.1, 0.15) is 6.10 Å². The Bertz CT molecular complexity index is 979. The van der Waals surface area contributed by atoms with Crippen molar-refractivity contribution in [2.75, 3.05) is 5.75 Å². The summed E-state index contributed by atoms with van der Waals surface area (Å²) in [6.07, 6.45) is 30.2. The van der Waals surface area contributed by atoms with Gasteiger partial charge in [-0.3, -0.25) is 4.79 Å². The van der Waals surface area contributed by atoms with E-state index in [1.165, 1.54) is 4.90 Å². The fourth-order valence-electron chi connectivity index (χ4n) is 4.32. The maximum atomic E-state index is 13.2. The first kappa shape index (κ1) is 32.4. The van der Waals surface area contributed by atoms with Crippen LogP contribution in [0, 0.1) is 0 Å². The van der Waals surface area contributed by atoms with Crippen molar-refractivity contribution in [2.45, 2.75) is 96.0 Å². The Kier molecular flexibility index (Phi) is 16.8. The molecule has 1 unspecified atom stereocenters. The number of carbonyl (C=O) groups excluding carboxylic acids is 2. The number of nitrogens with zero attached hydrogens (tertiary/aromatic N) is 1. The smallest absolute Gasteiger partial charge is 0.417 e. The highest BCUT2D eigenvalue weighted by Gasteiger charge is 2.44. The van der Waals surface area contributed by atoms with Gasteiger partial charge in [-0.2, -0.15) is 0 Å². The first-order chi connectivity index (χ1) is 19.1. The third kappa shape index (κ3) is 12.3. The van der Waals surface area contributed by atoms with E-state index in [2.05, 4.69) is 67.7 Å². The Morgan fingerprint density at radius 3 is 2.00 bits per heavy atom. The molecule has 1 aromatic carbocycles. The van der Waals surface area contributed by atoms with Crippen LogP contribution in [0.5, 0.6) is 0 Å². The summed E-state index contributed by atoms with van der Waals surface area (Å²) in [5.41, 5.74) is 0.921. The Balaban J connectivity index is 1.57. The molecule has 2 rings (SSSR count). The van der Waals surface area contributed by atoms with Crippen molar-refractivity contribution in [2.24, 2.45) is 0 Å². The quantitative estimate of drug-likeness (QED) is 0.135. The molecule has 39 heavy (non-hydrogen) atoms. The number of rotatable bonds is 18. The van der Waals surface area contributed by atoms with Crippen LogP contribution in [0.4, 0.5) is 4.79 Å². The second kappa shape index (κ2) is 20.2. The molecular formula is C34H47NO3S. The number of hydrogen-bond acceptors (Lipinski definition) is 4. The second-order valence-electron chi connectivity index (χ2n) is 9.64. The van der Waals surface area contributed by atoms with Gasteiger partial charge in [0.15, 0.2) is 0 Å². The highest BCUT2D eigenvalue weighted by molar-refractivity contribution is 8.00. The van der Waals surface area contributed by atoms with Crippen molar-refractivity contribution >= 4 is 23.8 Å². The number of unbranched alkanes of at least 4 members (excludes halogenated alkanes) is 2. The largest absolute Gasteiger partial charge is 0.439 e. The highest BCUT2D eigenvalue weighted by atomic mass is 32.2. The molecule has 0 radical (unpaired) electrons. The van der Waals surface area contributed by atoms with Gasteiger partial charge in [-0.05, 0) is 76.0 Å². The number of carbonyl (C=O) groups is 2. The Labute approximate surface area is 241 Å². The number of ether oxygens (including phenoxy) is 1. The molecular weight excluding hydrogens is 502 g/mol. The van der Waals surface area contributed by atoms with Crippen LogP contribution in [0.25, 0.3) is 0 Å². The fraction of sp³-hybridized carbons (Fsp3) is 0.471. The van der Waals surface area contributed by atoms with E-state index in [1.54, 1.807) is 11.8 Å². The third-order valence-electron chi connectivity index (χ3n) is 6.52. The SMILES string of the molecule is CCC=CCC=CCC=CCC=CCC=CCCCCSC(CC)C(=O)N1C(=O)O[C@H](c2ccccc2)[C@@H]1C. The highest BCUT2D eigenvalue weighted by Crippen LogP contribution is 2.34. The van der Waals surface area contributed by atoms with Gasteiger partial charge in [0, 0.05) is 0 Å². The van der Waals surface area contributed by atoms with Crippen molar-refractivity contribution in [3.8, 4) is 0 Å². The lowest BCUT2D eigenvalue weighted by atomic mass is 10.0. The maximum absolute atomic E-state index is 13.2. The summed E-state index contributed by atoms with van der Waals surface area (Å²) in [5.74, 6) is 0.783. The normalized spacial score (nSPS) is 18.9. The van der Waals surface area contributed by atoms with Crippen molar-refractivity contribution in [3.05, 3.63) is 96.7 Å². The second-order valence-corrected chi connectivity index (χ2v) is 10.9. The van der Waals surface area contributed by atoms with Crippen LogP contribution >= 0.6 is 11.8 Å². The van der Waals surface area contributed by atoms with Crippen LogP contribution in [0.2, 0.25) is 0 Å². The van der Waals surface area contributed by atoms with Gasteiger partial charge in [-0.1, -0.05) is 105 Å². The molecule has 212 valence electrons. The summed E-state index contributed by atoms with van der Waals surface area (Å²) in [6.45, 7) is 6.05. The molecule has 0 saturated carbocycles. The van der Waals surface area contributed by atoms with E-state index in [-0.39, 0.29) is 17.2 Å². The van der Waals surface area contributed by atoms with Gasteiger partial charge in [0.2, 0.25) is 5.91 Å². The summed E-state index contributed by atoms with van der Waals surface area (Å²) in [6, 6.07) is 9.34. The van der Waals surface area contributed by atoms with E-state index < -0.39 is 12.2 Å². The minimum atomic E-state index is -0.529. The summed E-state index contributed by atoms with van der Waals surface area (Å²) in [7, 11) is 0. The first-order valence-corrected chi connectivity index (χ1v) is 15.6. The maximum Gasteiger partial charge on any atom is 0.417 e. The molecule has 1 aliphatic rings. The molecule has 1 saturated heterocycles. The van der Waals surface area contributed by atoms with Crippen molar-refractivity contribution in [1.82, 2.24) is 4.90 Å². The van der Waals surface area contributed by atoms with E-state index in [0.29, 0.717) is 6.42 Å². The van der Waals surface area contributed by atoms with Crippen molar-refractivity contribution in [3.63, 3.8) is 0 Å². The Morgan fingerprint density at radius 2 is 1.44 bits per heavy atom. The third-order valence-corrected chi connectivity index (χ3v) is 7.99. The number of benzene rings is 1. The van der Waals surface area contributed by atoms with Gasteiger partial charge in [-0.15, -0.1) is 11.8 Å². The van der Waals surface area contributed by atoms with Gasteiger partial charge in [-0.25, -0.2) is 9.69 Å². The monoisotopic (exact) mass is 549 g/mol. The standard InChI is InChI=1S/C34H47NO3S/c1-4-6-7-8-9-10-11-12-13-14-15-16-17-18-19-20-21-25-28-39-31(5-2)33(36)35-29(3)32(38-34(35)37)30-26-23-22-24-27-30/h6-7,9-10,12-13,15-16,18-19,22-24,26-27,29,31-32H,4-5,8,11,14,17,20-21,25,28H2,1-3H3/t29-,31?,32-/m0/s1. The van der Waals surface area contributed by atoms with Crippen LogP contribution in [-0.4, -0.2) is 33.9 Å². The molecule has 4 nitrogen and oxygen atoms in total. The predicted molar refractivity (Wildman–Crippen MR) is 167 cm³/mol. The molecule has 1 aromatic rings. The van der Waals surface area contributed by atoms with Crippen LogP contribution in [0.1, 0.15) is 90.2 Å². The lowest BCUT2D eigenvalue weighted by Gasteiger charge is -2.23. The van der Waals surface area contributed by atoms with E-state index in [1.807, 2.05) is 44.2 Å². The molecule has 1 heterocycles. The molecule has 2 amide bonds. The fourth-order valence-corrected chi connectivity index (χ4v) is 5.47. The molecule has 0 aliphatic carbocycles. The minimum Gasteiger partial charge on any atom is -0.439 e. The summed E-state index contributed by atoms with van der Waals surface area (Å²) >= 11 is 1.66. The summed E-state index contributed by atoms with van der Waals surface area (Å²) < 4.78 is 5.57. The molecule has 0 N–H and O–H groups in total. The number of allylic oxidation sites excluding steroid dienone is 10. The zero-order valence-corrected chi connectivity index (χ0v) is 24.9. The van der Waals surface area contributed by atoms with Gasteiger partial charge in [0.25, 0.3) is 0 Å². The Hall–Kier alpha value is -2.79. The van der Waals surface area contributed by atoms with E-state index in [4.69, 9.17) is 4.74 Å². The van der Waals surface area contributed by atoms with Crippen molar-refractivity contribution < 1.29 is 14.3 Å². The predicted octanol–water partition coefficient (Wildman–Crippen LogP) is 9.53. The molecule has 3 atom stereocenters. The Morgan fingerprint density at radius 1 is 0.872 bits per heavy atom. The molecule has 1 fully saturated rings. The van der Waals surface area contributed by atoms with E-state index in [0.717, 1.165) is 62.7 Å². The van der Waals surface area contributed by atoms with Crippen LogP contribution in [-0.2, 0) is 9.53 Å². The van der Waals surface area contributed by atoms with Crippen LogP contribution < -0.4 is 0 Å². The topological polar surface area (TPSA) is 46.6 Å². The zero-order chi connectivity index (χ0) is 28.1. The average Bonchev–Trinajstić information content (AvgIpc) is 3.25. The van der Waals surface area contributed by atoms with Crippen LogP contribution in [0.15, 0.2) is 91.1 Å².